The molecule has 1 aromatic rings. The van der Waals surface area contributed by atoms with Crippen LogP contribution in [-0.2, 0) is 11.3 Å². The molecule has 1 aliphatic carbocycles. The van der Waals surface area contributed by atoms with Crippen LogP contribution in [0, 0.1) is 5.92 Å². The minimum atomic E-state index is 0.342. The lowest BCUT2D eigenvalue weighted by atomic mass is 9.98. The Balaban J connectivity index is 1.46. The number of nitrogens with one attached hydrogen (secondary N) is 1. The van der Waals surface area contributed by atoms with Gasteiger partial charge in [0.15, 0.2) is 5.96 Å². The molecule has 2 heterocycles. The van der Waals surface area contributed by atoms with Crippen molar-refractivity contribution in [3.8, 4) is 5.88 Å². The van der Waals surface area contributed by atoms with E-state index in [2.05, 4.69) is 26.3 Å². The Morgan fingerprint density at radius 2 is 2.12 bits per heavy atom. The van der Waals surface area contributed by atoms with Crippen LogP contribution in [0.5, 0.6) is 5.88 Å². The molecule has 0 bridgehead atoms. The third-order valence-electron chi connectivity index (χ3n) is 5.29. The summed E-state index contributed by atoms with van der Waals surface area (Å²) < 4.78 is 11.3. The standard InChI is InChI=1S/C20H32N4O2/c1-21-20(24-11-10-17(14-24)15-25-2)23-13-16-8-9-19(22-12-16)26-18-6-4-3-5-7-18/h8-9,12,17-18H,3-7,10-11,13-15H2,1-2H3,(H,21,23). The molecule has 1 unspecified atom stereocenters. The number of rotatable bonds is 6. The first-order valence-electron chi connectivity index (χ1n) is 9.84. The van der Waals surface area contributed by atoms with Crippen molar-refractivity contribution >= 4 is 5.96 Å². The number of nitrogens with zero attached hydrogens (tertiary/aromatic N) is 3. The summed E-state index contributed by atoms with van der Waals surface area (Å²) in [5.74, 6) is 2.29. The predicted molar refractivity (Wildman–Crippen MR) is 103 cm³/mol. The Morgan fingerprint density at radius 1 is 1.27 bits per heavy atom. The van der Waals surface area contributed by atoms with Crippen molar-refractivity contribution in [1.29, 1.82) is 0 Å². The molecule has 3 rings (SSSR count). The first kappa shape index (κ1) is 19.0. The van der Waals surface area contributed by atoms with Crippen molar-refractivity contribution in [3.63, 3.8) is 0 Å². The second-order valence-corrected chi connectivity index (χ2v) is 7.34. The highest BCUT2D eigenvalue weighted by Gasteiger charge is 2.24. The van der Waals surface area contributed by atoms with Gasteiger partial charge < -0.3 is 19.7 Å². The maximum atomic E-state index is 6.00. The number of methoxy groups -OCH3 is 1. The van der Waals surface area contributed by atoms with Gasteiger partial charge in [0, 0.05) is 52.0 Å². The third kappa shape index (κ3) is 5.34. The van der Waals surface area contributed by atoms with E-state index in [9.17, 15) is 0 Å². The summed E-state index contributed by atoms with van der Waals surface area (Å²) in [6, 6.07) is 4.07. The van der Waals surface area contributed by atoms with Crippen LogP contribution < -0.4 is 10.1 Å². The first-order valence-corrected chi connectivity index (χ1v) is 9.84. The van der Waals surface area contributed by atoms with Gasteiger partial charge in [0.25, 0.3) is 0 Å². The van der Waals surface area contributed by atoms with E-state index in [0.29, 0.717) is 12.0 Å². The van der Waals surface area contributed by atoms with Gasteiger partial charge in [-0.15, -0.1) is 0 Å². The predicted octanol–water partition coefficient (Wildman–Crippen LogP) is 2.84. The summed E-state index contributed by atoms with van der Waals surface area (Å²) in [7, 11) is 3.61. The second kappa shape index (κ2) is 9.76. The number of hydrogen-bond acceptors (Lipinski definition) is 4. The van der Waals surface area contributed by atoms with Gasteiger partial charge in [0.1, 0.15) is 6.10 Å². The molecule has 1 saturated carbocycles. The van der Waals surface area contributed by atoms with E-state index in [4.69, 9.17) is 9.47 Å². The monoisotopic (exact) mass is 360 g/mol. The van der Waals surface area contributed by atoms with Crippen LogP contribution in [0.1, 0.15) is 44.1 Å². The number of aliphatic imine (C=N–C) groups is 1. The molecule has 1 atom stereocenters. The Morgan fingerprint density at radius 3 is 2.81 bits per heavy atom. The average molecular weight is 361 g/mol. The lowest BCUT2D eigenvalue weighted by Gasteiger charge is -2.23. The Bertz CT molecular complexity index is 570. The number of ether oxygens (including phenoxy) is 2. The van der Waals surface area contributed by atoms with Crippen molar-refractivity contribution < 1.29 is 9.47 Å². The maximum absolute atomic E-state index is 6.00. The Labute approximate surface area is 157 Å². The van der Waals surface area contributed by atoms with Crippen molar-refractivity contribution in [3.05, 3.63) is 23.9 Å². The number of likely N-dealkylation sites (tertiary alicyclic amines) is 1. The Hall–Kier alpha value is -1.82. The molecule has 6 nitrogen and oxygen atoms in total. The van der Waals surface area contributed by atoms with E-state index < -0.39 is 0 Å². The van der Waals surface area contributed by atoms with Crippen LogP contribution in [0.15, 0.2) is 23.3 Å². The molecule has 2 aliphatic rings. The van der Waals surface area contributed by atoms with Crippen LogP contribution in [0.2, 0.25) is 0 Å². The highest BCUT2D eigenvalue weighted by atomic mass is 16.5. The Kier molecular flexibility index (Phi) is 7.12. The molecule has 144 valence electrons. The lowest BCUT2D eigenvalue weighted by Crippen LogP contribution is -2.39. The van der Waals surface area contributed by atoms with Gasteiger partial charge in [0.2, 0.25) is 5.88 Å². The van der Waals surface area contributed by atoms with Crippen molar-refractivity contribution in [2.45, 2.75) is 51.2 Å². The summed E-state index contributed by atoms with van der Waals surface area (Å²) in [6.45, 7) is 3.56. The average Bonchev–Trinajstić information content (AvgIpc) is 3.13. The van der Waals surface area contributed by atoms with E-state index in [0.717, 1.165) is 62.9 Å². The third-order valence-corrected chi connectivity index (χ3v) is 5.29. The van der Waals surface area contributed by atoms with E-state index in [1.807, 2.05) is 19.3 Å². The molecule has 1 N–H and O–H groups in total. The quantitative estimate of drug-likeness (QED) is 0.624. The molecule has 1 aliphatic heterocycles. The van der Waals surface area contributed by atoms with Gasteiger partial charge in [-0.1, -0.05) is 12.5 Å². The molecule has 2 fully saturated rings. The van der Waals surface area contributed by atoms with Crippen LogP contribution in [0.4, 0.5) is 0 Å². The first-order chi connectivity index (χ1) is 12.8. The molecule has 1 aromatic heterocycles. The highest BCUT2D eigenvalue weighted by molar-refractivity contribution is 5.80. The number of pyridine rings is 1. The summed E-state index contributed by atoms with van der Waals surface area (Å²) in [6.07, 6.45) is 9.58. The zero-order valence-electron chi connectivity index (χ0n) is 16.1. The van der Waals surface area contributed by atoms with Gasteiger partial charge in [0.05, 0.1) is 6.61 Å². The van der Waals surface area contributed by atoms with Crippen LogP contribution in [0.25, 0.3) is 0 Å². The minimum absolute atomic E-state index is 0.342. The summed E-state index contributed by atoms with van der Waals surface area (Å²) in [5.41, 5.74) is 1.13. The zero-order chi connectivity index (χ0) is 18.2. The molecule has 26 heavy (non-hydrogen) atoms. The summed E-state index contributed by atoms with van der Waals surface area (Å²) >= 11 is 0. The SMILES string of the molecule is CN=C(NCc1ccc(OC2CCCCC2)nc1)N1CCC(COC)C1. The van der Waals surface area contributed by atoms with Crippen LogP contribution in [-0.4, -0.2) is 55.8 Å². The number of guanidine groups is 1. The van der Waals surface area contributed by atoms with E-state index in [1.165, 1.54) is 19.3 Å². The molecule has 0 aromatic carbocycles. The normalized spacial score (nSPS) is 21.8. The van der Waals surface area contributed by atoms with Crippen LogP contribution in [0.3, 0.4) is 0 Å². The second-order valence-electron chi connectivity index (χ2n) is 7.34. The van der Waals surface area contributed by atoms with E-state index >= 15 is 0 Å². The summed E-state index contributed by atoms with van der Waals surface area (Å²) in [5, 5.41) is 3.45. The van der Waals surface area contributed by atoms with Gasteiger partial charge in [-0.25, -0.2) is 4.98 Å². The fourth-order valence-corrected chi connectivity index (χ4v) is 3.85. The molecule has 0 spiro atoms. The van der Waals surface area contributed by atoms with Gasteiger partial charge in [-0.3, -0.25) is 4.99 Å². The van der Waals surface area contributed by atoms with Crippen LogP contribution >= 0.6 is 0 Å². The molecule has 6 heteroatoms. The van der Waals surface area contributed by atoms with Gasteiger partial charge >= 0.3 is 0 Å². The fraction of sp³-hybridized carbons (Fsp3) is 0.700. The lowest BCUT2D eigenvalue weighted by molar-refractivity contribution is 0.148. The largest absolute Gasteiger partial charge is 0.474 e. The topological polar surface area (TPSA) is 59.0 Å². The molecule has 0 radical (unpaired) electrons. The molecule has 1 saturated heterocycles. The molecular weight excluding hydrogens is 328 g/mol. The van der Waals surface area contributed by atoms with E-state index in [1.54, 1.807) is 7.11 Å². The van der Waals surface area contributed by atoms with Crippen molar-refractivity contribution in [1.82, 2.24) is 15.2 Å². The smallest absolute Gasteiger partial charge is 0.213 e. The fourth-order valence-electron chi connectivity index (χ4n) is 3.85. The maximum Gasteiger partial charge on any atom is 0.213 e. The number of aromatic nitrogens is 1. The number of hydrogen-bond donors (Lipinski definition) is 1. The minimum Gasteiger partial charge on any atom is -0.474 e. The van der Waals surface area contributed by atoms with Gasteiger partial charge in [-0.2, -0.15) is 0 Å². The molecule has 0 amide bonds. The zero-order valence-corrected chi connectivity index (χ0v) is 16.1. The summed E-state index contributed by atoms with van der Waals surface area (Å²) in [4.78, 5) is 11.2. The highest BCUT2D eigenvalue weighted by Crippen LogP contribution is 2.22. The molecular formula is C20H32N4O2. The van der Waals surface area contributed by atoms with Crippen molar-refractivity contribution in [2.24, 2.45) is 10.9 Å². The van der Waals surface area contributed by atoms with Crippen molar-refractivity contribution in [2.75, 3.05) is 33.9 Å². The van der Waals surface area contributed by atoms with E-state index in [-0.39, 0.29) is 0 Å². The van der Waals surface area contributed by atoms with Gasteiger partial charge in [-0.05, 0) is 37.7 Å².